The third-order valence-electron chi connectivity index (χ3n) is 3.48. The highest BCUT2D eigenvalue weighted by molar-refractivity contribution is 6.30. The van der Waals surface area contributed by atoms with Gasteiger partial charge in [0.15, 0.2) is 6.54 Å². The lowest BCUT2D eigenvalue weighted by Crippen LogP contribution is -2.86. The standard InChI is InChI=1S/C17H18ClN3O2/c1-11(13-3-2-4-14(18)9-13)20-10-16(22)21-15-7-5-12(6-8-15)17(19)23/h2-9,11,20H,10H2,1H3,(H2,19,23)(H,21,22)/p+1/t11-/m1/s1. The number of carbonyl (C=O) groups is 2. The van der Waals surface area contributed by atoms with Crippen LogP contribution in [0.15, 0.2) is 48.5 Å². The molecule has 1 atom stereocenters. The normalized spacial score (nSPS) is 11.7. The number of hydrogen-bond donors (Lipinski definition) is 3. The fourth-order valence-corrected chi connectivity index (χ4v) is 2.34. The lowest BCUT2D eigenvalue weighted by atomic mass is 10.1. The third kappa shape index (κ3) is 5.09. The van der Waals surface area contributed by atoms with Crippen molar-refractivity contribution in [1.82, 2.24) is 0 Å². The molecule has 6 heteroatoms. The fourth-order valence-electron chi connectivity index (χ4n) is 2.14. The number of amides is 2. The molecule has 5 N–H and O–H groups in total. The van der Waals surface area contributed by atoms with Crippen molar-refractivity contribution in [1.29, 1.82) is 0 Å². The van der Waals surface area contributed by atoms with Crippen molar-refractivity contribution in [2.24, 2.45) is 5.73 Å². The first-order valence-electron chi connectivity index (χ1n) is 7.24. The van der Waals surface area contributed by atoms with Crippen LogP contribution in [0.4, 0.5) is 5.69 Å². The third-order valence-corrected chi connectivity index (χ3v) is 3.72. The van der Waals surface area contributed by atoms with Crippen LogP contribution in [0.25, 0.3) is 0 Å². The molecule has 23 heavy (non-hydrogen) atoms. The van der Waals surface area contributed by atoms with E-state index in [4.69, 9.17) is 17.3 Å². The van der Waals surface area contributed by atoms with Gasteiger partial charge in [-0.05, 0) is 43.3 Å². The van der Waals surface area contributed by atoms with E-state index in [1.807, 2.05) is 36.5 Å². The number of halogens is 1. The van der Waals surface area contributed by atoms with Gasteiger partial charge in [0.25, 0.3) is 5.91 Å². The molecule has 2 rings (SSSR count). The number of primary amides is 1. The van der Waals surface area contributed by atoms with Crippen LogP contribution in [0.1, 0.15) is 28.9 Å². The van der Waals surface area contributed by atoms with Gasteiger partial charge in [-0.15, -0.1) is 0 Å². The van der Waals surface area contributed by atoms with Crippen molar-refractivity contribution in [2.75, 3.05) is 11.9 Å². The van der Waals surface area contributed by atoms with Crippen molar-refractivity contribution < 1.29 is 14.9 Å². The van der Waals surface area contributed by atoms with Crippen LogP contribution in [-0.2, 0) is 4.79 Å². The predicted molar refractivity (Wildman–Crippen MR) is 90.2 cm³/mol. The van der Waals surface area contributed by atoms with Crippen molar-refractivity contribution in [3.8, 4) is 0 Å². The Hall–Kier alpha value is -2.37. The topological polar surface area (TPSA) is 88.8 Å². The van der Waals surface area contributed by atoms with Crippen molar-refractivity contribution in [2.45, 2.75) is 13.0 Å². The molecule has 5 nitrogen and oxygen atoms in total. The number of carbonyl (C=O) groups excluding carboxylic acids is 2. The van der Waals surface area contributed by atoms with E-state index < -0.39 is 5.91 Å². The first-order valence-corrected chi connectivity index (χ1v) is 7.62. The van der Waals surface area contributed by atoms with Gasteiger partial charge in [-0.25, -0.2) is 0 Å². The fraction of sp³-hybridized carbons (Fsp3) is 0.176. The number of hydrogen-bond acceptors (Lipinski definition) is 2. The van der Waals surface area contributed by atoms with Gasteiger partial charge in [0.2, 0.25) is 5.91 Å². The Balaban J connectivity index is 1.86. The molecule has 0 saturated heterocycles. The van der Waals surface area contributed by atoms with E-state index in [0.29, 0.717) is 16.3 Å². The highest BCUT2D eigenvalue weighted by Crippen LogP contribution is 2.14. The molecule has 2 aromatic carbocycles. The average molecular weight is 333 g/mol. The molecular formula is C17H19ClN3O2+. The minimum absolute atomic E-state index is 0.120. The van der Waals surface area contributed by atoms with Gasteiger partial charge in [0, 0.05) is 21.8 Å². The van der Waals surface area contributed by atoms with E-state index in [0.717, 1.165) is 5.56 Å². The first kappa shape index (κ1) is 17.0. The lowest BCUT2D eigenvalue weighted by molar-refractivity contribution is -0.682. The van der Waals surface area contributed by atoms with Crippen LogP contribution in [0.5, 0.6) is 0 Å². The number of nitrogens with one attached hydrogen (secondary N) is 1. The second-order valence-electron chi connectivity index (χ2n) is 5.27. The molecule has 0 spiro atoms. The summed E-state index contributed by atoms with van der Waals surface area (Å²) >= 11 is 5.97. The van der Waals surface area contributed by atoms with Gasteiger partial charge in [-0.3, -0.25) is 9.59 Å². The second-order valence-corrected chi connectivity index (χ2v) is 5.71. The van der Waals surface area contributed by atoms with Crippen molar-refractivity contribution in [3.05, 3.63) is 64.7 Å². The van der Waals surface area contributed by atoms with Gasteiger partial charge in [-0.1, -0.05) is 23.7 Å². The van der Waals surface area contributed by atoms with E-state index >= 15 is 0 Å². The maximum Gasteiger partial charge on any atom is 0.279 e. The zero-order valence-electron chi connectivity index (χ0n) is 12.8. The van der Waals surface area contributed by atoms with Crippen LogP contribution >= 0.6 is 11.6 Å². The van der Waals surface area contributed by atoms with Crippen LogP contribution in [0, 0.1) is 0 Å². The van der Waals surface area contributed by atoms with Gasteiger partial charge in [-0.2, -0.15) is 0 Å². The van der Waals surface area contributed by atoms with E-state index in [9.17, 15) is 9.59 Å². The number of benzene rings is 2. The summed E-state index contributed by atoms with van der Waals surface area (Å²) in [5.74, 6) is -0.614. The number of nitrogens with two attached hydrogens (primary N) is 2. The SMILES string of the molecule is C[C@@H]([NH2+]CC(=O)Nc1ccc(C(N)=O)cc1)c1cccc(Cl)c1. The quantitative estimate of drug-likeness (QED) is 0.751. The molecule has 0 fully saturated rings. The number of rotatable bonds is 6. The Morgan fingerprint density at radius 1 is 1.22 bits per heavy atom. The largest absolute Gasteiger partial charge is 0.366 e. The first-order chi connectivity index (χ1) is 11.0. The molecule has 2 amide bonds. The minimum atomic E-state index is -0.494. The Kier molecular flexibility index (Phi) is 5.73. The van der Waals surface area contributed by atoms with Crippen LogP contribution in [-0.4, -0.2) is 18.4 Å². The Labute approximate surface area is 139 Å². The minimum Gasteiger partial charge on any atom is -0.366 e. The molecule has 0 aromatic heterocycles. The molecule has 0 aliphatic heterocycles. The van der Waals surface area contributed by atoms with E-state index in [-0.39, 0.29) is 18.5 Å². The number of quaternary nitrogens is 1. The average Bonchev–Trinajstić information content (AvgIpc) is 2.53. The summed E-state index contributed by atoms with van der Waals surface area (Å²) in [5.41, 5.74) is 7.27. The lowest BCUT2D eigenvalue weighted by Gasteiger charge is -2.11. The van der Waals surface area contributed by atoms with Gasteiger partial charge < -0.3 is 16.4 Å². The molecular weight excluding hydrogens is 314 g/mol. The summed E-state index contributed by atoms with van der Waals surface area (Å²) < 4.78 is 0. The Morgan fingerprint density at radius 3 is 2.52 bits per heavy atom. The molecule has 0 radical (unpaired) electrons. The van der Waals surface area contributed by atoms with E-state index in [1.54, 1.807) is 24.3 Å². The molecule has 0 aliphatic rings. The summed E-state index contributed by atoms with van der Waals surface area (Å²) in [6, 6.07) is 14.2. The molecule has 0 saturated carbocycles. The summed E-state index contributed by atoms with van der Waals surface area (Å²) in [7, 11) is 0. The predicted octanol–water partition coefficient (Wildman–Crippen LogP) is 1.70. The van der Waals surface area contributed by atoms with Gasteiger partial charge >= 0.3 is 0 Å². The molecule has 0 heterocycles. The van der Waals surface area contributed by atoms with Crippen molar-refractivity contribution >= 4 is 29.1 Å². The monoisotopic (exact) mass is 332 g/mol. The zero-order valence-corrected chi connectivity index (χ0v) is 13.5. The van der Waals surface area contributed by atoms with Crippen LogP contribution < -0.4 is 16.4 Å². The van der Waals surface area contributed by atoms with E-state index in [1.165, 1.54) is 0 Å². The Morgan fingerprint density at radius 2 is 1.91 bits per heavy atom. The molecule has 120 valence electrons. The summed E-state index contributed by atoms with van der Waals surface area (Å²) in [5, 5.41) is 5.39. The van der Waals surface area contributed by atoms with E-state index in [2.05, 4.69) is 5.32 Å². The highest BCUT2D eigenvalue weighted by Gasteiger charge is 2.12. The van der Waals surface area contributed by atoms with Crippen molar-refractivity contribution in [3.63, 3.8) is 0 Å². The van der Waals surface area contributed by atoms with Crippen LogP contribution in [0.3, 0.4) is 0 Å². The Bertz CT molecular complexity index is 701. The maximum absolute atomic E-state index is 12.0. The summed E-state index contributed by atoms with van der Waals surface area (Å²) in [6.45, 7) is 2.30. The molecule has 0 unspecified atom stereocenters. The molecule has 0 aliphatic carbocycles. The molecule has 2 aromatic rings. The summed E-state index contributed by atoms with van der Waals surface area (Å²) in [4.78, 5) is 23.0. The van der Waals surface area contributed by atoms with Gasteiger partial charge in [0.1, 0.15) is 6.04 Å². The van der Waals surface area contributed by atoms with Crippen LogP contribution in [0.2, 0.25) is 5.02 Å². The highest BCUT2D eigenvalue weighted by atomic mass is 35.5. The molecule has 0 bridgehead atoms. The number of anilines is 1. The smallest absolute Gasteiger partial charge is 0.279 e. The summed E-state index contributed by atoms with van der Waals surface area (Å²) in [6.07, 6.45) is 0. The second kappa shape index (κ2) is 7.76. The van der Waals surface area contributed by atoms with Gasteiger partial charge in [0.05, 0.1) is 0 Å². The maximum atomic E-state index is 12.0. The zero-order chi connectivity index (χ0) is 16.8.